The molecule has 2 aliphatic rings. The summed E-state index contributed by atoms with van der Waals surface area (Å²) in [6, 6.07) is 27.1. The van der Waals surface area contributed by atoms with Gasteiger partial charge in [-0.15, -0.1) is 0 Å². The molecule has 2 heterocycles. The van der Waals surface area contributed by atoms with Crippen LogP contribution in [-0.4, -0.2) is 16.6 Å². The molecular weight excluding hydrogens is 610 g/mol. The Kier molecular flexibility index (Phi) is 7.56. The second-order valence-electron chi connectivity index (χ2n) is 10.8. The molecule has 45 heavy (non-hydrogen) atoms. The standard InChI is InChI=1S/C35H26ClN3O5S/c1-43-30-17-22(11-16-29(30)44-20-21-9-13-25(36)14-10-21)18-31-34(40)38-33(24-6-4-7-26(19-24)39(41)42)28-15-12-23-5-2-3-8-27(23)32(28)37-35(38)45-31/h2-11,13-14,16-19,33H,12,15,20H2,1H3/b31-18+/t33-/m0/s1. The summed E-state index contributed by atoms with van der Waals surface area (Å²) in [4.78, 5) is 31.0. The minimum Gasteiger partial charge on any atom is -0.493 e. The minimum absolute atomic E-state index is 0.0181. The van der Waals surface area contributed by atoms with Gasteiger partial charge >= 0.3 is 0 Å². The first-order chi connectivity index (χ1) is 21.9. The molecule has 1 aliphatic carbocycles. The summed E-state index contributed by atoms with van der Waals surface area (Å²) in [6.07, 6.45) is 3.31. The third-order valence-corrected chi connectivity index (χ3v) is 9.30. The maximum Gasteiger partial charge on any atom is 0.271 e. The largest absolute Gasteiger partial charge is 0.493 e. The zero-order valence-electron chi connectivity index (χ0n) is 24.1. The highest BCUT2D eigenvalue weighted by molar-refractivity contribution is 7.07. The van der Waals surface area contributed by atoms with Crippen LogP contribution in [0.2, 0.25) is 5.02 Å². The number of nitro groups is 1. The predicted octanol–water partition coefficient (Wildman–Crippen LogP) is 6.47. The van der Waals surface area contributed by atoms with E-state index in [4.69, 9.17) is 26.1 Å². The van der Waals surface area contributed by atoms with Gasteiger partial charge in [0.05, 0.1) is 28.3 Å². The van der Waals surface area contributed by atoms with Crippen molar-refractivity contribution in [2.24, 2.45) is 4.99 Å². The van der Waals surface area contributed by atoms with E-state index in [9.17, 15) is 14.9 Å². The number of thiazole rings is 1. The summed E-state index contributed by atoms with van der Waals surface area (Å²) in [5, 5.41) is 12.3. The number of aromatic nitrogens is 1. The summed E-state index contributed by atoms with van der Waals surface area (Å²) < 4.78 is 13.8. The van der Waals surface area contributed by atoms with Gasteiger partial charge in [-0.05, 0) is 71.0 Å². The molecule has 0 bridgehead atoms. The third kappa shape index (κ3) is 5.45. The fraction of sp³-hybridized carbons (Fsp3) is 0.143. The number of halogens is 1. The molecule has 5 aromatic rings. The minimum atomic E-state index is -0.509. The topological polar surface area (TPSA) is 96.0 Å². The highest BCUT2D eigenvalue weighted by atomic mass is 35.5. The van der Waals surface area contributed by atoms with Crippen molar-refractivity contribution >= 4 is 40.4 Å². The highest BCUT2D eigenvalue weighted by Gasteiger charge is 2.33. The van der Waals surface area contributed by atoms with Crippen LogP contribution in [-0.2, 0) is 13.0 Å². The molecule has 0 spiro atoms. The summed E-state index contributed by atoms with van der Waals surface area (Å²) in [6.45, 7) is 0.344. The highest BCUT2D eigenvalue weighted by Crippen LogP contribution is 2.41. The lowest BCUT2D eigenvalue weighted by atomic mass is 9.83. The Morgan fingerprint density at radius 2 is 1.84 bits per heavy atom. The fourth-order valence-electron chi connectivity index (χ4n) is 5.92. The van der Waals surface area contributed by atoms with E-state index in [-0.39, 0.29) is 11.2 Å². The fourth-order valence-corrected chi connectivity index (χ4v) is 7.04. The van der Waals surface area contributed by atoms with E-state index in [1.807, 2.05) is 66.7 Å². The molecule has 0 saturated heterocycles. The molecule has 224 valence electrons. The third-order valence-electron chi connectivity index (χ3n) is 8.06. The Bertz CT molecular complexity index is 2190. The first kappa shape index (κ1) is 28.8. The molecule has 4 aromatic carbocycles. The predicted molar refractivity (Wildman–Crippen MR) is 175 cm³/mol. The molecular formula is C35H26ClN3O5S. The van der Waals surface area contributed by atoms with E-state index >= 15 is 0 Å². The van der Waals surface area contributed by atoms with Crippen LogP contribution in [0.4, 0.5) is 5.69 Å². The maximum absolute atomic E-state index is 14.1. The molecule has 0 radical (unpaired) electrons. The number of nitrogens with zero attached hydrogens (tertiary/aromatic N) is 3. The average molecular weight is 636 g/mol. The zero-order valence-corrected chi connectivity index (χ0v) is 25.7. The van der Waals surface area contributed by atoms with Gasteiger partial charge in [-0.2, -0.15) is 0 Å². The van der Waals surface area contributed by atoms with Crippen LogP contribution in [0.25, 0.3) is 11.8 Å². The van der Waals surface area contributed by atoms with E-state index < -0.39 is 11.0 Å². The summed E-state index contributed by atoms with van der Waals surface area (Å²) >= 11 is 7.29. The summed E-state index contributed by atoms with van der Waals surface area (Å²) in [7, 11) is 1.57. The first-order valence-corrected chi connectivity index (χ1v) is 15.5. The molecule has 1 atom stereocenters. The van der Waals surface area contributed by atoms with Crippen molar-refractivity contribution in [2.45, 2.75) is 25.5 Å². The lowest BCUT2D eigenvalue weighted by Gasteiger charge is -2.30. The van der Waals surface area contributed by atoms with Crippen LogP contribution in [0.15, 0.2) is 106 Å². The molecule has 1 aliphatic heterocycles. The SMILES string of the molecule is COc1cc(/C=c2/sc3n(c2=O)[C@@H](c2cccc([N+](=O)[O-])c2)C2=C(N=3)c3ccccc3CC2)ccc1OCc1ccc(Cl)cc1. The van der Waals surface area contributed by atoms with Gasteiger partial charge in [0.1, 0.15) is 6.61 Å². The zero-order chi connectivity index (χ0) is 31.1. The number of hydrogen-bond donors (Lipinski definition) is 0. The Morgan fingerprint density at radius 1 is 1.02 bits per heavy atom. The first-order valence-electron chi connectivity index (χ1n) is 14.3. The number of benzene rings is 4. The van der Waals surface area contributed by atoms with Crippen LogP contribution >= 0.6 is 22.9 Å². The quantitative estimate of drug-likeness (QED) is 0.151. The number of fused-ring (bicyclic) bond motifs is 3. The number of rotatable bonds is 7. The molecule has 0 N–H and O–H groups in total. The lowest BCUT2D eigenvalue weighted by Crippen LogP contribution is -2.38. The van der Waals surface area contributed by atoms with Crippen molar-refractivity contribution < 1.29 is 14.4 Å². The van der Waals surface area contributed by atoms with Crippen LogP contribution in [0.1, 0.15) is 40.3 Å². The smallest absolute Gasteiger partial charge is 0.271 e. The van der Waals surface area contributed by atoms with Crippen molar-refractivity contribution in [1.29, 1.82) is 0 Å². The molecule has 0 amide bonds. The van der Waals surface area contributed by atoms with E-state index in [0.717, 1.165) is 34.4 Å². The second kappa shape index (κ2) is 11.8. The van der Waals surface area contributed by atoms with Gasteiger partial charge in [-0.3, -0.25) is 19.5 Å². The monoisotopic (exact) mass is 635 g/mol. The second-order valence-corrected chi connectivity index (χ2v) is 12.2. The molecule has 0 fully saturated rings. The number of hydrogen-bond acceptors (Lipinski definition) is 7. The van der Waals surface area contributed by atoms with Gasteiger partial charge in [-0.25, -0.2) is 4.99 Å². The number of allylic oxidation sites excluding steroid dienone is 1. The van der Waals surface area contributed by atoms with E-state index in [1.165, 1.54) is 23.0 Å². The molecule has 7 rings (SSSR count). The molecule has 10 heteroatoms. The van der Waals surface area contributed by atoms with Crippen LogP contribution in [0, 0.1) is 10.1 Å². The van der Waals surface area contributed by atoms with Gasteiger partial charge in [0.2, 0.25) is 0 Å². The van der Waals surface area contributed by atoms with Crippen LogP contribution in [0.3, 0.4) is 0 Å². The van der Waals surface area contributed by atoms with Crippen molar-refractivity contribution in [2.75, 3.05) is 7.11 Å². The Balaban J connectivity index is 1.31. The van der Waals surface area contributed by atoms with E-state index in [2.05, 4.69) is 12.1 Å². The molecule has 1 aromatic heterocycles. The Hall–Kier alpha value is -4.99. The van der Waals surface area contributed by atoms with Crippen LogP contribution < -0.4 is 24.4 Å². The molecule has 0 unspecified atom stereocenters. The summed E-state index contributed by atoms with van der Waals surface area (Å²) in [5.74, 6) is 1.11. The van der Waals surface area contributed by atoms with Gasteiger partial charge in [-0.1, -0.05) is 77.5 Å². The van der Waals surface area contributed by atoms with Gasteiger partial charge in [0, 0.05) is 22.7 Å². The lowest BCUT2D eigenvalue weighted by molar-refractivity contribution is -0.384. The van der Waals surface area contributed by atoms with Crippen molar-refractivity contribution in [1.82, 2.24) is 4.57 Å². The van der Waals surface area contributed by atoms with Crippen molar-refractivity contribution in [3.8, 4) is 11.5 Å². The van der Waals surface area contributed by atoms with Crippen LogP contribution in [0.5, 0.6) is 11.5 Å². The van der Waals surface area contributed by atoms with Crippen molar-refractivity contribution in [3.63, 3.8) is 0 Å². The summed E-state index contributed by atoms with van der Waals surface area (Å²) in [5.41, 5.74) is 6.24. The number of non-ortho nitro benzene ring substituents is 1. The number of nitro benzene ring substituents is 1. The van der Waals surface area contributed by atoms with Gasteiger partial charge < -0.3 is 9.47 Å². The van der Waals surface area contributed by atoms with Crippen molar-refractivity contribution in [3.05, 3.63) is 159 Å². The van der Waals surface area contributed by atoms with E-state index in [1.54, 1.807) is 23.8 Å². The number of ether oxygens (including phenoxy) is 2. The van der Waals surface area contributed by atoms with Gasteiger partial charge in [0.25, 0.3) is 11.2 Å². The van der Waals surface area contributed by atoms with E-state index in [0.29, 0.717) is 44.4 Å². The number of aryl methyl sites for hydroxylation is 1. The maximum atomic E-state index is 14.1. The normalized spacial score (nSPS) is 15.5. The number of methoxy groups -OCH3 is 1. The van der Waals surface area contributed by atoms with Gasteiger partial charge in [0.15, 0.2) is 16.3 Å². The average Bonchev–Trinajstić information content (AvgIpc) is 3.37. The molecule has 8 nitrogen and oxygen atoms in total. The Labute approximate surface area is 266 Å². The Morgan fingerprint density at radius 3 is 2.64 bits per heavy atom. The molecule has 0 saturated carbocycles.